The number of ether oxygens (including phenoxy) is 1. The van der Waals surface area contributed by atoms with Crippen LogP contribution in [0.3, 0.4) is 0 Å². The van der Waals surface area contributed by atoms with Crippen molar-refractivity contribution in [3.63, 3.8) is 0 Å². The first-order chi connectivity index (χ1) is 8.70. The Bertz CT molecular complexity index is 455. The van der Waals surface area contributed by atoms with Gasteiger partial charge < -0.3 is 9.64 Å². The van der Waals surface area contributed by atoms with Gasteiger partial charge in [-0.25, -0.2) is 0 Å². The third kappa shape index (κ3) is 1.93. The standard InChI is InChI=1S/C15H19NO2/c1-12(17)13-4-2-3-5-14(13)16-10-15(11-16)6-8-18-9-7-15/h2-5H,6-11H2,1H3. The zero-order valence-electron chi connectivity index (χ0n) is 10.8. The van der Waals surface area contributed by atoms with Crippen molar-refractivity contribution < 1.29 is 9.53 Å². The van der Waals surface area contributed by atoms with Crippen molar-refractivity contribution in [3.8, 4) is 0 Å². The topological polar surface area (TPSA) is 29.5 Å². The summed E-state index contributed by atoms with van der Waals surface area (Å²) in [5.74, 6) is 0.151. The molecule has 3 nitrogen and oxygen atoms in total. The van der Waals surface area contributed by atoms with Gasteiger partial charge in [0.15, 0.2) is 5.78 Å². The van der Waals surface area contributed by atoms with Crippen LogP contribution in [0.5, 0.6) is 0 Å². The second-order valence-corrected chi connectivity index (χ2v) is 5.54. The van der Waals surface area contributed by atoms with E-state index in [9.17, 15) is 4.79 Å². The molecule has 2 saturated heterocycles. The SMILES string of the molecule is CC(=O)c1ccccc1N1CC2(CCOCC2)C1. The fourth-order valence-corrected chi connectivity index (χ4v) is 3.10. The van der Waals surface area contributed by atoms with E-state index < -0.39 is 0 Å². The molecule has 2 fully saturated rings. The number of hydrogen-bond donors (Lipinski definition) is 0. The lowest BCUT2D eigenvalue weighted by Crippen LogP contribution is -2.58. The van der Waals surface area contributed by atoms with Crippen LogP contribution in [0.2, 0.25) is 0 Å². The molecule has 0 amide bonds. The summed E-state index contributed by atoms with van der Waals surface area (Å²) < 4.78 is 5.43. The smallest absolute Gasteiger partial charge is 0.161 e. The summed E-state index contributed by atoms with van der Waals surface area (Å²) in [6, 6.07) is 7.93. The van der Waals surface area contributed by atoms with E-state index in [1.54, 1.807) is 6.92 Å². The lowest BCUT2D eigenvalue weighted by Gasteiger charge is -2.53. The number of anilines is 1. The van der Waals surface area contributed by atoms with Gasteiger partial charge in [-0.2, -0.15) is 0 Å². The average Bonchev–Trinajstić information content (AvgIpc) is 2.37. The highest BCUT2D eigenvalue weighted by molar-refractivity contribution is 5.99. The molecule has 1 aromatic rings. The number of carbonyl (C=O) groups excluding carboxylic acids is 1. The predicted octanol–water partition coefficient (Wildman–Crippen LogP) is 2.51. The maximum atomic E-state index is 11.6. The monoisotopic (exact) mass is 245 g/mol. The Morgan fingerprint density at radius 2 is 1.89 bits per heavy atom. The second kappa shape index (κ2) is 4.39. The third-order valence-electron chi connectivity index (χ3n) is 4.23. The van der Waals surface area contributed by atoms with Crippen molar-refractivity contribution in [2.75, 3.05) is 31.2 Å². The van der Waals surface area contributed by atoms with Crippen LogP contribution in [0, 0.1) is 5.41 Å². The summed E-state index contributed by atoms with van der Waals surface area (Å²) in [6.07, 6.45) is 2.32. The summed E-state index contributed by atoms with van der Waals surface area (Å²) in [4.78, 5) is 14.0. The van der Waals surface area contributed by atoms with E-state index >= 15 is 0 Å². The maximum absolute atomic E-state index is 11.6. The highest BCUT2D eigenvalue weighted by atomic mass is 16.5. The van der Waals surface area contributed by atoms with E-state index in [4.69, 9.17) is 4.74 Å². The Hall–Kier alpha value is -1.35. The van der Waals surface area contributed by atoms with Gasteiger partial charge in [-0.05, 0) is 31.9 Å². The van der Waals surface area contributed by atoms with Crippen molar-refractivity contribution in [1.82, 2.24) is 0 Å². The first kappa shape index (κ1) is 11.7. The minimum Gasteiger partial charge on any atom is -0.381 e. The minimum atomic E-state index is 0.151. The number of para-hydroxylation sites is 1. The third-order valence-corrected chi connectivity index (χ3v) is 4.23. The Morgan fingerprint density at radius 1 is 1.22 bits per heavy atom. The number of ketones is 1. The van der Waals surface area contributed by atoms with Crippen LogP contribution in [0.4, 0.5) is 5.69 Å². The van der Waals surface area contributed by atoms with E-state index in [2.05, 4.69) is 11.0 Å². The van der Waals surface area contributed by atoms with Gasteiger partial charge in [-0.15, -0.1) is 0 Å². The minimum absolute atomic E-state index is 0.151. The fourth-order valence-electron chi connectivity index (χ4n) is 3.10. The van der Waals surface area contributed by atoms with Gasteiger partial charge in [0.05, 0.1) is 0 Å². The fraction of sp³-hybridized carbons (Fsp3) is 0.533. The zero-order chi connectivity index (χ0) is 12.6. The Kier molecular flexibility index (Phi) is 2.86. The first-order valence-corrected chi connectivity index (χ1v) is 6.63. The van der Waals surface area contributed by atoms with Crippen LogP contribution >= 0.6 is 0 Å². The molecular formula is C15H19NO2. The number of benzene rings is 1. The van der Waals surface area contributed by atoms with E-state index in [1.165, 1.54) is 0 Å². The van der Waals surface area contributed by atoms with Gasteiger partial charge in [-0.3, -0.25) is 4.79 Å². The molecule has 3 rings (SSSR count). The van der Waals surface area contributed by atoms with Gasteiger partial charge >= 0.3 is 0 Å². The average molecular weight is 245 g/mol. The summed E-state index contributed by atoms with van der Waals surface area (Å²) in [7, 11) is 0. The molecule has 2 aliphatic heterocycles. The summed E-state index contributed by atoms with van der Waals surface area (Å²) in [5, 5.41) is 0. The number of nitrogens with zero attached hydrogens (tertiary/aromatic N) is 1. The number of hydrogen-bond acceptors (Lipinski definition) is 3. The molecule has 0 radical (unpaired) electrons. The molecule has 0 aliphatic carbocycles. The van der Waals surface area contributed by atoms with Crippen LogP contribution in [-0.2, 0) is 4.74 Å². The molecule has 0 atom stereocenters. The van der Waals surface area contributed by atoms with E-state index in [1.807, 2.05) is 18.2 Å². The van der Waals surface area contributed by atoms with E-state index in [0.29, 0.717) is 5.41 Å². The molecular weight excluding hydrogens is 226 g/mol. The summed E-state index contributed by atoms with van der Waals surface area (Å²) in [5.41, 5.74) is 2.39. The molecule has 1 aromatic carbocycles. The summed E-state index contributed by atoms with van der Waals surface area (Å²) in [6.45, 7) is 5.56. The second-order valence-electron chi connectivity index (χ2n) is 5.54. The molecule has 0 saturated carbocycles. The van der Waals surface area contributed by atoms with Crippen molar-refractivity contribution in [2.24, 2.45) is 5.41 Å². The van der Waals surface area contributed by atoms with Crippen LogP contribution < -0.4 is 4.90 Å². The first-order valence-electron chi connectivity index (χ1n) is 6.63. The van der Waals surface area contributed by atoms with Crippen LogP contribution in [0.1, 0.15) is 30.1 Å². The van der Waals surface area contributed by atoms with Crippen LogP contribution in [-0.4, -0.2) is 32.1 Å². The van der Waals surface area contributed by atoms with E-state index in [-0.39, 0.29) is 5.78 Å². The number of Topliss-reactive ketones (excluding diaryl/α,β-unsaturated/α-hetero) is 1. The largest absolute Gasteiger partial charge is 0.381 e. The molecule has 0 aromatic heterocycles. The molecule has 2 heterocycles. The highest BCUT2D eigenvalue weighted by Crippen LogP contribution is 2.42. The van der Waals surface area contributed by atoms with Crippen molar-refractivity contribution in [1.29, 1.82) is 0 Å². The zero-order valence-corrected chi connectivity index (χ0v) is 10.8. The molecule has 2 aliphatic rings. The molecule has 0 unspecified atom stereocenters. The van der Waals surface area contributed by atoms with Gasteiger partial charge in [0.1, 0.15) is 0 Å². The van der Waals surface area contributed by atoms with Gasteiger partial charge in [0.25, 0.3) is 0 Å². The molecule has 0 N–H and O–H groups in total. The normalized spacial score (nSPS) is 21.7. The van der Waals surface area contributed by atoms with Gasteiger partial charge in [-0.1, -0.05) is 12.1 Å². The summed E-state index contributed by atoms with van der Waals surface area (Å²) >= 11 is 0. The highest BCUT2D eigenvalue weighted by Gasteiger charge is 2.44. The predicted molar refractivity (Wildman–Crippen MR) is 71.1 cm³/mol. The van der Waals surface area contributed by atoms with Crippen LogP contribution in [0.25, 0.3) is 0 Å². The molecule has 1 spiro atoms. The Morgan fingerprint density at radius 3 is 2.56 bits per heavy atom. The molecule has 3 heteroatoms. The lowest BCUT2D eigenvalue weighted by molar-refractivity contribution is -0.000243. The lowest BCUT2D eigenvalue weighted by atomic mass is 9.73. The molecule has 0 bridgehead atoms. The molecule has 18 heavy (non-hydrogen) atoms. The van der Waals surface area contributed by atoms with Crippen LogP contribution in [0.15, 0.2) is 24.3 Å². The Labute approximate surface area is 108 Å². The van der Waals surface area contributed by atoms with Gasteiger partial charge in [0.2, 0.25) is 0 Å². The quantitative estimate of drug-likeness (QED) is 0.750. The molecule has 96 valence electrons. The number of rotatable bonds is 2. The van der Waals surface area contributed by atoms with Crippen molar-refractivity contribution >= 4 is 11.5 Å². The van der Waals surface area contributed by atoms with Crippen molar-refractivity contribution in [2.45, 2.75) is 19.8 Å². The Balaban J connectivity index is 1.76. The van der Waals surface area contributed by atoms with E-state index in [0.717, 1.165) is 50.4 Å². The number of carbonyl (C=O) groups is 1. The van der Waals surface area contributed by atoms with Gasteiger partial charge in [0, 0.05) is 43.0 Å². The maximum Gasteiger partial charge on any atom is 0.161 e. The van der Waals surface area contributed by atoms with Crippen molar-refractivity contribution in [3.05, 3.63) is 29.8 Å².